The Bertz CT molecular complexity index is 356. The lowest BCUT2D eigenvalue weighted by Gasteiger charge is -2.30. The average Bonchev–Trinajstić information content (AvgIpc) is 2.33. The third-order valence-electron chi connectivity index (χ3n) is 2.38. The van der Waals surface area contributed by atoms with Gasteiger partial charge in [-0.15, -0.1) is 5.06 Å². The number of pyridine rings is 1. The minimum atomic E-state index is -0.422. The van der Waals surface area contributed by atoms with Crippen LogP contribution in [0.1, 0.15) is 17.4 Å². The average molecular weight is 222 g/mol. The van der Waals surface area contributed by atoms with Gasteiger partial charge in [0.25, 0.3) is 0 Å². The molecule has 0 aromatic carbocycles. The summed E-state index contributed by atoms with van der Waals surface area (Å²) in [6, 6.07) is 5.23. The summed E-state index contributed by atoms with van der Waals surface area (Å²) in [6.45, 7) is 3.71. The highest BCUT2D eigenvalue weighted by Gasteiger charge is 2.23. The molecule has 0 aliphatic carbocycles. The fourth-order valence-corrected chi connectivity index (χ4v) is 1.48. The van der Waals surface area contributed by atoms with Crippen molar-refractivity contribution in [2.75, 3.05) is 19.8 Å². The van der Waals surface area contributed by atoms with Gasteiger partial charge in [0, 0.05) is 6.20 Å². The number of nitrogens with zero attached hydrogens (tertiary/aromatic N) is 2. The van der Waals surface area contributed by atoms with Crippen LogP contribution in [-0.2, 0) is 9.57 Å². The number of hydrogen-bond donors (Lipinski definition) is 0. The number of aromatic nitrogens is 1. The van der Waals surface area contributed by atoms with E-state index < -0.39 is 5.97 Å². The van der Waals surface area contributed by atoms with Crippen molar-refractivity contribution in [2.24, 2.45) is 0 Å². The minimum absolute atomic E-state index is 0.0846. The van der Waals surface area contributed by atoms with Gasteiger partial charge in [-0.25, -0.2) is 9.78 Å². The molecule has 0 amide bonds. The van der Waals surface area contributed by atoms with Gasteiger partial charge in [-0.05, 0) is 19.1 Å². The molecule has 5 heteroatoms. The van der Waals surface area contributed by atoms with Crippen LogP contribution in [-0.4, -0.2) is 41.8 Å². The Labute approximate surface area is 93.9 Å². The number of carbonyl (C=O) groups is 1. The number of rotatable bonds is 2. The van der Waals surface area contributed by atoms with Crippen LogP contribution in [0.2, 0.25) is 0 Å². The Morgan fingerprint density at radius 3 is 3.19 bits per heavy atom. The van der Waals surface area contributed by atoms with Gasteiger partial charge in [-0.1, -0.05) is 6.07 Å². The summed E-state index contributed by atoms with van der Waals surface area (Å²) in [7, 11) is 0. The van der Waals surface area contributed by atoms with Crippen molar-refractivity contribution < 1.29 is 14.4 Å². The summed E-state index contributed by atoms with van der Waals surface area (Å²) in [4.78, 5) is 20.9. The first kappa shape index (κ1) is 11.0. The number of hydroxylamine groups is 2. The molecule has 2 rings (SSSR count). The summed E-state index contributed by atoms with van der Waals surface area (Å²) >= 11 is 0. The van der Waals surface area contributed by atoms with Crippen molar-refractivity contribution in [1.29, 1.82) is 0 Å². The smallest absolute Gasteiger partial charge is 0.375 e. The summed E-state index contributed by atoms with van der Waals surface area (Å²) < 4.78 is 5.25. The summed E-state index contributed by atoms with van der Waals surface area (Å²) in [5, 5.41) is 1.64. The Morgan fingerprint density at radius 1 is 1.62 bits per heavy atom. The number of carbonyl (C=O) groups excluding carboxylic acids is 1. The van der Waals surface area contributed by atoms with Gasteiger partial charge in [-0.2, -0.15) is 0 Å². The predicted molar refractivity (Wildman–Crippen MR) is 56.6 cm³/mol. The lowest BCUT2D eigenvalue weighted by Crippen LogP contribution is -2.44. The van der Waals surface area contributed by atoms with Crippen LogP contribution in [0.4, 0.5) is 0 Å². The molecule has 1 aliphatic heterocycles. The van der Waals surface area contributed by atoms with E-state index in [0.29, 0.717) is 25.5 Å². The SMILES string of the molecule is CC1COCCN1OC(=O)c1ccccn1. The van der Waals surface area contributed by atoms with Gasteiger partial charge in [0.05, 0.1) is 25.8 Å². The van der Waals surface area contributed by atoms with Gasteiger partial charge in [0.2, 0.25) is 0 Å². The number of hydrogen-bond acceptors (Lipinski definition) is 5. The highest BCUT2D eigenvalue weighted by molar-refractivity contribution is 5.86. The van der Waals surface area contributed by atoms with Crippen LogP contribution in [0, 0.1) is 0 Å². The second-order valence-corrected chi connectivity index (χ2v) is 3.66. The van der Waals surface area contributed by atoms with Crippen LogP contribution in [0.5, 0.6) is 0 Å². The molecule has 0 N–H and O–H groups in total. The second kappa shape index (κ2) is 5.05. The van der Waals surface area contributed by atoms with E-state index in [1.807, 2.05) is 6.92 Å². The zero-order chi connectivity index (χ0) is 11.4. The first-order valence-corrected chi connectivity index (χ1v) is 5.25. The second-order valence-electron chi connectivity index (χ2n) is 3.66. The maximum atomic E-state index is 11.7. The molecule has 1 aromatic rings. The van der Waals surface area contributed by atoms with Crippen molar-refractivity contribution in [3.05, 3.63) is 30.1 Å². The van der Waals surface area contributed by atoms with Gasteiger partial charge < -0.3 is 9.57 Å². The third kappa shape index (κ3) is 2.56. The van der Waals surface area contributed by atoms with Crippen LogP contribution in [0.25, 0.3) is 0 Å². The van der Waals surface area contributed by atoms with E-state index in [4.69, 9.17) is 9.57 Å². The molecule has 0 bridgehead atoms. The molecule has 2 heterocycles. The van der Waals surface area contributed by atoms with Crippen LogP contribution in [0.15, 0.2) is 24.4 Å². The van der Waals surface area contributed by atoms with Crippen molar-refractivity contribution in [2.45, 2.75) is 13.0 Å². The van der Waals surface area contributed by atoms with Crippen molar-refractivity contribution >= 4 is 5.97 Å². The number of morpholine rings is 1. The van der Waals surface area contributed by atoms with Crippen molar-refractivity contribution in [1.82, 2.24) is 10.0 Å². The fourth-order valence-electron chi connectivity index (χ4n) is 1.48. The first-order valence-electron chi connectivity index (χ1n) is 5.25. The molecule has 1 fully saturated rings. The molecule has 0 radical (unpaired) electrons. The Balaban J connectivity index is 1.96. The molecular formula is C11H14N2O3. The molecule has 16 heavy (non-hydrogen) atoms. The van der Waals surface area contributed by atoms with Gasteiger partial charge in [-0.3, -0.25) is 0 Å². The molecule has 1 aromatic heterocycles. The van der Waals surface area contributed by atoms with Gasteiger partial charge in [0.15, 0.2) is 0 Å². The molecule has 1 saturated heterocycles. The zero-order valence-corrected chi connectivity index (χ0v) is 9.13. The van der Waals surface area contributed by atoms with Crippen LogP contribution in [0.3, 0.4) is 0 Å². The first-order chi connectivity index (χ1) is 7.77. The molecule has 0 saturated carbocycles. The summed E-state index contributed by atoms with van der Waals surface area (Å²) in [5.41, 5.74) is 0.321. The zero-order valence-electron chi connectivity index (χ0n) is 9.13. The van der Waals surface area contributed by atoms with E-state index in [1.54, 1.807) is 29.5 Å². The van der Waals surface area contributed by atoms with E-state index in [9.17, 15) is 4.79 Å². The van der Waals surface area contributed by atoms with E-state index in [1.165, 1.54) is 0 Å². The summed E-state index contributed by atoms with van der Waals surface area (Å²) in [5.74, 6) is -0.422. The lowest BCUT2D eigenvalue weighted by atomic mass is 10.3. The lowest BCUT2D eigenvalue weighted by molar-refractivity contribution is -0.179. The van der Waals surface area contributed by atoms with Gasteiger partial charge in [0.1, 0.15) is 5.69 Å². The van der Waals surface area contributed by atoms with Crippen molar-refractivity contribution in [3.63, 3.8) is 0 Å². The molecule has 5 nitrogen and oxygen atoms in total. The predicted octanol–water partition coefficient (Wildman–Crippen LogP) is 0.874. The monoisotopic (exact) mass is 222 g/mol. The molecule has 1 unspecified atom stereocenters. The van der Waals surface area contributed by atoms with Crippen LogP contribution < -0.4 is 0 Å². The molecule has 0 spiro atoms. The van der Waals surface area contributed by atoms with E-state index in [2.05, 4.69) is 4.98 Å². The normalized spacial score (nSPS) is 21.7. The van der Waals surface area contributed by atoms with Gasteiger partial charge >= 0.3 is 5.97 Å². The maximum Gasteiger partial charge on any atom is 0.375 e. The van der Waals surface area contributed by atoms with E-state index in [-0.39, 0.29) is 6.04 Å². The molecule has 86 valence electrons. The topological polar surface area (TPSA) is 51.7 Å². The minimum Gasteiger partial charge on any atom is -0.378 e. The largest absolute Gasteiger partial charge is 0.378 e. The fraction of sp³-hybridized carbons (Fsp3) is 0.455. The highest BCUT2D eigenvalue weighted by atomic mass is 16.7. The van der Waals surface area contributed by atoms with E-state index in [0.717, 1.165) is 0 Å². The molecule has 1 atom stereocenters. The Hall–Kier alpha value is -1.46. The Morgan fingerprint density at radius 2 is 2.50 bits per heavy atom. The quantitative estimate of drug-likeness (QED) is 0.743. The highest BCUT2D eigenvalue weighted by Crippen LogP contribution is 2.08. The summed E-state index contributed by atoms with van der Waals surface area (Å²) in [6.07, 6.45) is 1.57. The molecule has 1 aliphatic rings. The third-order valence-corrected chi connectivity index (χ3v) is 2.38. The maximum absolute atomic E-state index is 11.7. The van der Waals surface area contributed by atoms with Crippen LogP contribution >= 0.6 is 0 Å². The van der Waals surface area contributed by atoms with Crippen molar-refractivity contribution in [3.8, 4) is 0 Å². The number of ether oxygens (including phenoxy) is 1. The van der Waals surface area contributed by atoms with E-state index >= 15 is 0 Å². The molecular weight excluding hydrogens is 208 g/mol. The Kier molecular flexibility index (Phi) is 3.48. The standard InChI is InChI=1S/C11H14N2O3/c1-9-8-15-7-6-13(9)16-11(14)10-4-2-3-5-12-10/h2-5,9H,6-8H2,1H3.